The Morgan fingerprint density at radius 1 is 1.36 bits per heavy atom. The lowest BCUT2D eigenvalue weighted by Crippen LogP contribution is -2.22. The van der Waals surface area contributed by atoms with Crippen molar-refractivity contribution in [3.05, 3.63) is 29.3 Å². The Morgan fingerprint density at radius 2 is 1.86 bits per heavy atom. The summed E-state index contributed by atoms with van der Waals surface area (Å²) in [5, 5.41) is -0.353. The normalized spacial score (nSPS) is 12.9. The summed E-state index contributed by atoms with van der Waals surface area (Å²) in [7, 11) is -4.42. The zero-order chi connectivity index (χ0) is 10.8. The van der Waals surface area contributed by atoms with Crippen molar-refractivity contribution in [2.75, 3.05) is 0 Å². The minimum absolute atomic E-state index is 0.296. The van der Waals surface area contributed by atoms with Crippen molar-refractivity contribution in [2.24, 2.45) is 10.7 Å². The van der Waals surface area contributed by atoms with Crippen LogP contribution in [0.15, 0.2) is 29.3 Å². The second-order valence-electron chi connectivity index (χ2n) is 2.40. The van der Waals surface area contributed by atoms with Gasteiger partial charge in [-0.1, -0.05) is 11.6 Å². The summed E-state index contributed by atoms with van der Waals surface area (Å²) in [5.74, 6) is 0. The van der Waals surface area contributed by atoms with Crippen LogP contribution in [0.3, 0.4) is 0 Å². The molecule has 1 aromatic carbocycles. The molecule has 0 unspecified atom stereocenters. The van der Waals surface area contributed by atoms with Gasteiger partial charge in [-0.15, -0.1) is 0 Å². The monoisotopic (exact) mass is 234 g/mol. The smallest absolute Gasteiger partial charge is 0.328 e. The topological polar surface area (TPSA) is 92.8 Å². The second-order valence-corrected chi connectivity index (χ2v) is 4.21. The Labute approximate surface area is 86.0 Å². The van der Waals surface area contributed by atoms with Gasteiger partial charge in [0.05, 0.1) is 5.69 Å². The van der Waals surface area contributed by atoms with E-state index in [-0.39, 0.29) is 0 Å². The van der Waals surface area contributed by atoms with E-state index in [9.17, 15) is 8.42 Å². The summed E-state index contributed by atoms with van der Waals surface area (Å²) >= 11 is 5.59. The Kier molecular flexibility index (Phi) is 3.10. The molecule has 0 heterocycles. The van der Waals surface area contributed by atoms with E-state index in [1.807, 2.05) is 0 Å². The van der Waals surface area contributed by atoms with Gasteiger partial charge >= 0.3 is 10.1 Å². The molecule has 0 atom stereocenters. The SMILES string of the molecule is NC(=Nc1ccc(Cl)cc1)S(=O)(=O)O. The fourth-order valence-corrected chi connectivity index (χ4v) is 1.05. The van der Waals surface area contributed by atoms with Crippen LogP contribution in [-0.4, -0.2) is 18.1 Å². The summed E-state index contributed by atoms with van der Waals surface area (Å²) in [6, 6.07) is 6.00. The van der Waals surface area contributed by atoms with Crippen LogP contribution in [0.5, 0.6) is 0 Å². The van der Waals surface area contributed by atoms with E-state index in [1.165, 1.54) is 24.3 Å². The molecule has 7 heteroatoms. The first-order valence-electron chi connectivity index (χ1n) is 3.47. The molecule has 0 saturated heterocycles. The molecule has 0 aliphatic rings. The Hall–Kier alpha value is -1.11. The largest absolute Gasteiger partial charge is 0.372 e. The molecule has 0 radical (unpaired) electrons. The molecule has 3 N–H and O–H groups in total. The summed E-state index contributed by atoms with van der Waals surface area (Å²) in [4.78, 5) is 3.47. The van der Waals surface area contributed by atoms with E-state index in [0.717, 1.165) is 0 Å². The van der Waals surface area contributed by atoms with Gasteiger partial charge in [0.1, 0.15) is 0 Å². The highest BCUT2D eigenvalue weighted by molar-refractivity contribution is 8.01. The van der Waals surface area contributed by atoms with E-state index >= 15 is 0 Å². The van der Waals surface area contributed by atoms with Crippen LogP contribution in [0.4, 0.5) is 5.69 Å². The minimum Gasteiger partial charge on any atom is -0.372 e. The number of amidine groups is 1. The van der Waals surface area contributed by atoms with E-state index in [0.29, 0.717) is 10.7 Å². The Bertz CT molecular complexity index is 452. The molecule has 0 aromatic heterocycles. The van der Waals surface area contributed by atoms with Crippen molar-refractivity contribution in [3.63, 3.8) is 0 Å². The summed E-state index contributed by atoms with van der Waals surface area (Å²) in [5.41, 5.74) is 5.30. The number of hydrogen-bond donors (Lipinski definition) is 2. The minimum atomic E-state index is -4.42. The molecule has 0 aliphatic carbocycles. The maximum absolute atomic E-state index is 10.5. The predicted molar refractivity (Wildman–Crippen MR) is 54.3 cm³/mol. The number of aliphatic imine (C=N–C) groups is 1. The molecular formula is C7H7ClN2O3S. The van der Waals surface area contributed by atoms with Crippen LogP contribution in [0.2, 0.25) is 5.02 Å². The van der Waals surface area contributed by atoms with Gasteiger partial charge in [-0.25, -0.2) is 4.99 Å². The van der Waals surface area contributed by atoms with Crippen molar-refractivity contribution >= 4 is 32.6 Å². The van der Waals surface area contributed by atoms with Crippen LogP contribution in [0.25, 0.3) is 0 Å². The first kappa shape index (κ1) is 11.0. The highest BCUT2D eigenvalue weighted by Crippen LogP contribution is 2.16. The lowest BCUT2D eigenvalue weighted by molar-refractivity contribution is 0.497. The fourth-order valence-electron chi connectivity index (χ4n) is 0.701. The second kappa shape index (κ2) is 3.95. The van der Waals surface area contributed by atoms with Crippen LogP contribution >= 0.6 is 11.6 Å². The molecule has 5 nitrogen and oxygen atoms in total. The highest BCUT2D eigenvalue weighted by Gasteiger charge is 2.10. The molecule has 0 fully saturated rings. The third-order valence-corrected chi connectivity index (χ3v) is 2.20. The van der Waals surface area contributed by atoms with Gasteiger partial charge in [0, 0.05) is 5.02 Å². The predicted octanol–water partition coefficient (Wildman–Crippen LogP) is 1.17. The molecule has 0 spiro atoms. The van der Waals surface area contributed by atoms with Crippen molar-refractivity contribution in [1.82, 2.24) is 0 Å². The molecule has 0 amide bonds. The van der Waals surface area contributed by atoms with Crippen molar-refractivity contribution < 1.29 is 13.0 Å². The van der Waals surface area contributed by atoms with E-state index < -0.39 is 15.3 Å². The Balaban J connectivity index is 3.05. The summed E-state index contributed by atoms with van der Waals surface area (Å²) < 4.78 is 29.4. The Morgan fingerprint density at radius 3 is 2.29 bits per heavy atom. The molecule has 0 aliphatic heterocycles. The van der Waals surface area contributed by atoms with Crippen molar-refractivity contribution in [3.8, 4) is 0 Å². The standard InChI is InChI=1S/C7H7ClN2O3S/c8-5-1-3-6(4-2-5)10-7(9)14(11,12)13/h1-4H,(H2,9,10)(H,11,12,13). The maximum Gasteiger partial charge on any atom is 0.328 e. The summed E-state index contributed by atoms with van der Waals surface area (Å²) in [6.07, 6.45) is 0. The third kappa shape index (κ3) is 2.99. The van der Waals surface area contributed by atoms with Crippen LogP contribution in [0.1, 0.15) is 0 Å². The molecule has 76 valence electrons. The quantitative estimate of drug-likeness (QED) is 0.433. The van der Waals surface area contributed by atoms with Crippen molar-refractivity contribution in [1.29, 1.82) is 0 Å². The van der Waals surface area contributed by atoms with Crippen LogP contribution < -0.4 is 5.73 Å². The summed E-state index contributed by atoms with van der Waals surface area (Å²) in [6.45, 7) is 0. The molecule has 1 rings (SSSR count). The van der Waals surface area contributed by atoms with Crippen LogP contribution in [-0.2, 0) is 10.1 Å². The lowest BCUT2D eigenvalue weighted by atomic mass is 10.3. The van der Waals surface area contributed by atoms with Gasteiger partial charge in [-0.2, -0.15) is 8.42 Å². The van der Waals surface area contributed by atoms with Gasteiger partial charge in [0.2, 0.25) is 5.17 Å². The van der Waals surface area contributed by atoms with E-state index in [2.05, 4.69) is 4.99 Å². The molecule has 1 aromatic rings. The van der Waals surface area contributed by atoms with E-state index in [1.54, 1.807) is 0 Å². The van der Waals surface area contributed by atoms with Gasteiger partial charge in [0.25, 0.3) is 0 Å². The van der Waals surface area contributed by atoms with E-state index in [4.69, 9.17) is 21.9 Å². The molecule has 0 saturated carbocycles. The number of benzene rings is 1. The number of rotatable bonds is 1. The zero-order valence-corrected chi connectivity index (χ0v) is 8.46. The molecule has 0 bridgehead atoms. The number of nitrogens with two attached hydrogens (primary N) is 1. The number of hydrogen-bond acceptors (Lipinski definition) is 3. The number of halogens is 1. The molecular weight excluding hydrogens is 228 g/mol. The third-order valence-electron chi connectivity index (χ3n) is 1.33. The van der Waals surface area contributed by atoms with Crippen molar-refractivity contribution in [2.45, 2.75) is 0 Å². The maximum atomic E-state index is 10.5. The van der Waals surface area contributed by atoms with Gasteiger partial charge < -0.3 is 5.73 Å². The highest BCUT2D eigenvalue weighted by atomic mass is 35.5. The fraction of sp³-hybridized carbons (Fsp3) is 0. The first-order chi connectivity index (χ1) is 6.39. The first-order valence-corrected chi connectivity index (χ1v) is 5.28. The number of nitrogens with zero attached hydrogens (tertiary/aromatic N) is 1. The van der Waals surface area contributed by atoms with Gasteiger partial charge in [-0.3, -0.25) is 4.55 Å². The lowest BCUT2D eigenvalue weighted by Gasteiger charge is -1.96. The van der Waals surface area contributed by atoms with Crippen LogP contribution in [0, 0.1) is 0 Å². The van der Waals surface area contributed by atoms with Gasteiger partial charge in [-0.05, 0) is 24.3 Å². The molecule has 14 heavy (non-hydrogen) atoms. The van der Waals surface area contributed by atoms with Gasteiger partial charge in [0.15, 0.2) is 0 Å². The average Bonchev–Trinajstić information content (AvgIpc) is 2.07. The zero-order valence-electron chi connectivity index (χ0n) is 6.88. The average molecular weight is 235 g/mol.